The topological polar surface area (TPSA) is 32.3 Å². The standard InChI is InChI=1S/C15H13ClF3NO/c16-13-4-2-1-3-12(13)14(21)9-20-11-7-5-10(6-8-11)15(17,18)19/h1-8,14,20-21H,9H2. The van der Waals surface area contributed by atoms with Crippen molar-refractivity contribution < 1.29 is 18.3 Å². The van der Waals surface area contributed by atoms with E-state index in [-0.39, 0.29) is 6.54 Å². The number of nitrogens with one attached hydrogen (secondary N) is 1. The van der Waals surface area contributed by atoms with E-state index < -0.39 is 17.8 Å². The fourth-order valence-electron chi connectivity index (χ4n) is 1.85. The van der Waals surface area contributed by atoms with E-state index in [0.717, 1.165) is 12.1 Å². The zero-order valence-corrected chi connectivity index (χ0v) is 11.6. The van der Waals surface area contributed by atoms with Crippen molar-refractivity contribution in [2.45, 2.75) is 12.3 Å². The molecule has 2 aromatic carbocycles. The van der Waals surface area contributed by atoms with Crippen LogP contribution in [-0.4, -0.2) is 11.7 Å². The van der Waals surface area contributed by atoms with Crippen molar-refractivity contribution in [3.63, 3.8) is 0 Å². The van der Waals surface area contributed by atoms with Gasteiger partial charge < -0.3 is 10.4 Å². The molecule has 0 saturated carbocycles. The van der Waals surface area contributed by atoms with Crippen LogP contribution in [0.2, 0.25) is 5.02 Å². The van der Waals surface area contributed by atoms with Crippen molar-refractivity contribution in [1.29, 1.82) is 0 Å². The molecule has 0 saturated heterocycles. The molecule has 21 heavy (non-hydrogen) atoms. The van der Waals surface area contributed by atoms with Gasteiger partial charge in [0.1, 0.15) is 0 Å². The van der Waals surface area contributed by atoms with E-state index in [2.05, 4.69) is 5.32 Å². The molecule has 0 heterocycles. The smallest absolute Gasteiger partial charge is 0.387 e. The van der Waals surface area contributed by atoms with Crippen LogP contribution in [0.25, 0.3) is 0 Å². The molecule has 0 aliphatic heterocycles. The fraction of sp³-hybridized carbons (Fsp3) is 0.200. The first-order chi connectivity index (χ1) is 9.88. The minimum atomic E-state index is -4.35. The highest BCUT2D eigenvalue weighted by Crippen LogP contribution is 2.30. The van der Waals surface area contributed by atoms with Crippen molar-refractivity contribution in [3.8, 4) is 0 Å². The second kappa shape index (κ2) is 6.37. The van der Waals surface area contributed by atoms with Gasteiger partial charge in [-0.2, -0.15) is 13.2 Å². The van der Waals surface area contributed by atoms with E-state index in [0.29, 0.717) is 16.3 Å². The summed E-state index contributed by atoms with van der Waals surface area (Å²) in [5, 5.41) is 13.3. The molecule has 0 radical (unpaired) electrons. The molecule has 0 fully saturated rings. The molecule has 0 bridgehead atoms. The molecule has 2 aromatic rings. The van der Waals surface area contributed by atoms with Crippen molar-refractivity contribution in [2.24, 2.45) is 0 Å². The first kappa shape index (κ1) is 15.7. The molecule has 0 spiro atoms. The SMILES string of the molecule is OC(CNc1ccc(C(F)(F)F)cc1)c1ccccc1Cl. The highest BCUT2D eigenvalue weighted by atomic mass is 35.5. The van der Waals surface area contributed by atoms with E-state index in [1.54, 1.807) is 24.3 Å². The third-order valence-electron chi connectivity index (χ3n) is 2.98. The summed E-state index contributed by atoms with van der Waals surface area (Å²) >= 11 is 5.96. The van der Waals surface area contributed by atoms with Gasteiger partial charge >= 0.3 is 6.18 Å². The maximum Gasteiger partial charge on any atom is 0.416 e. The van der Waals surface area contributed by atoms with Crippen molar-refractivity contribution >= 4 is 17.3 Å². The highest BCUT2D eigenvalue weighted by Gasteiger charge is 2.29. The van der Waals surface area contributed by atoms with Gasteiger partial charge in [0, 0.05) is 22.8 Å². The number of aliphatic hydroxyl groups is 1. The number of alkyl halides is 3. The Hall–Kier alpha value is -1.72. The van der Waals surface area contributed by atoms with Crippen molar-refractivity contribution in [2.75, 3.05) is 11.9 Å². The van der Waals surface area contributed by atoms with Crippen LogP contribution < -0.4 is 5.32 Å². The summed E-state index contributed by atoms with van der Waals surface area (Å²) in [5.74, 6) is 0. The summed E-state index contributed by atoms with van der Waals surface area (Å²) in [7, 11) is 0. The lowest BCUT2D eigenvalue weighted by molar-refractivity contribution is -0.137. The minimum Gasteiger partial charge on any atom is -0.387 e. The summed E-state index contributed by atoms with van der Waals surface area (Å²) in [6.07, 6.45) is -5.20. The first-order valence-corrected chi connectivity index (χ1v) is 6.59. The zero-order valence-electron chi connectivity index (χ0n) is 10.9. The third-order valence-corrected chi connectivity index (χ3v) is 3.32. The van der Waals surface area contributed by atoms with Crippen LogP contribution in [0.15, 0.2) is 48.5 Å². The number of hydrogen-bond donors (Lipinski definition) is 2. The predicted molar refractivity (Wildman–Crippen MR) is 76.3 cm³/mol. The van der Waals surface area contributed by atoms with Crippen LogP contribution in [0.1, 0.15) is 17.2 Å². The summed E-state index contributed by atoms with van der Waals surface area (Å²) < 4.78 is 37.3. The Bertz CT molecular complexity index is 599. The number of hydrogen-bond acceptors (Lipinski definition) is 2. The van der Waals surface area contributed by atoms with Gasteiger partial charge in [-0.15, -0.1) is 0 Å². The molecular weight excluding hydrogens is 303 g/mol. The zero-order chi connectivity index (χ0) is 15.5. The second-order valence-corrected chi connectivity index (χ2v) is 4.90. The molecule has 1 atom stereocenters. The Morgan fingerprint density at radius 3 is 2.24 bits per heavy atom. The molecule has 0 aliphatic carbocycles. The number of benzene rings is 2. The molecule has 2 rings (SSSR count). The fourth-order valence-corrected chi connectivity index (χ4v) is 2.11. The largest absolute Gasteiger partial charge is 0.416 e. The predicted octanol–water partition coefficient (Wildman–Crippen LogP) is 4.50. The summed E-state index contributed by atoms with van der Waals surface area (Å²) in [6, 6.07) is 11.5. The summed E-state index contributed by atoms with van der Waals surface area (Å²) in [6.45, 7) is 0.148. The third kappa shape index (κ3) is 4.12. The number of anilines is 1. The van der Waals surface area contributed by atoms with E-state index >= 15 is 0 Å². The van der Waals surface area contributed by atoms with Gasteiger partial charge in [0.05, 0.1) is 11.7 Å². The summed E-state index contributed by atoms with van der Waals surface area (Å²) in [4.78, 5) is 0. The maximum atomic E-state index is 12.4. The maximum absolute atomic E-state index is 12.4. The van der Waals surface area contributed by atoms with Crippen LogP contribution in [0.3, 0.4) is 0 Å². The van der Waals surface area contributed by atoms with Gasteiger partial charge in [-0.25, -0.2) is 0 Å². The lowest BCUT2D eigenvalue weighted by Crippen LogP contribution is -2.13. The lowest BCUT2D eigenvalue weighted by atomic mass is 10.1. The highest BCUT2D eigenvalue weighted by molar-refractivity contribution is 6.31. The van der Waals surface area contributed by atoms with Crippen LogP contribution >= 0.6 is 11.6 Å². The molecule has 6 heteroatoms. The average Bonchev–Trinajstić information content (AvgIpc) is 2.45. The quantitative estimate of drug-likeness (QED) is 0.870. The monoisotopic (exact) mass is 315 g/mol. The molecule has 0 aliphatic rings. The Kier molecular flexibility index (Phi) is 4.75. The van der Waals surface area contributed by atoms with Crippen LogP contribution in [0.5, 0.6) is 0 Å². The molecule has 0 aromatic heterocycles. The Morgan fingerprint density at radius 1 is 1.05 bits per heavy atom. The molecule has 2 N–H and O–H groups in total. The number of aliphatic hydroxyl groups excluding tert-OH is 1. The van der Waals surface area contributed by atoms with Crippen LogP contribution in [-0.2, 0) is 6.18 Å². The van der Waals surface area contributed by atoms with Crippen molar-refractivity contribution in [1.82, 2.24) is 0 Å². The van der Waals surface area contributed by atoms with Gasteiger partial charge in [0.25, 0.3) is 0 Å². The molecular formula is C15H13ClF3NO. The van der Waals surface area contributed by atoms with E-state index in [4.69, 9.17) is 11.6 Å². The lowest BCUT2D eigenvalue weighted by Gasteiger charge is -2.15. The first-order valence-electron chi connectivity index (χ1n) is 6.21. The Balaban J connectivity index is 1.99. The average molecular weight is 316 g/mol. The Morgan fingerprint density at radius 2 is 1.67 bits per heavy atom. The minimum absolute atomic E-state index is 0.148. The van der Waals surface area contributed by atoms with Crippen molar-refractivity contribution in [3.05, 3.63) is 64.7 Å². The summed E-state index contributed by atoms with van der Waals surface area (Å²) in [5.41, 5.74) is 0.354. The Labute approximate surface area is 125 Å². The van der Waals surface area contributed by atoms with Crippen LogP contribution in [0.4, 0.5) is 18.9 Å². The van der Waals surface area contributed by atoms with Gasteiger partial charge in [0.15, 0.2) is 0 Å². The van der Waals surface area contributed by atoms with E-state index in [9.17, 15) is 18.3 Å². The number of halogens is 4. The van der Waals surface area contributed by atoms with E-state index in [1.165, 1.54) is 12.1 Å². The normalized spacial score (nSPS) is 13.0. The van der Waals surface area contributed by atoms with Gasteiger partial charge in [-0.3, -0.25) is 0 Å². The van der Waals surface area contributed by atoms with E-state index in [1.807, 2.05) is 0 Å². The molecule has 112 valence electrons. The number of rotatable bonds is 4. The molecule has 0 amide bonds. The molecule has 2 nitrogen and oxygen atoms in total. The molecule has 1 unspecified atom stereocenters. The van der Waals surface area contributed by atoms with Gasteiger partial charge in [0.2, 0.25) is 0 Å². The van der Waals surface area contributed by atoms with Gasteiger partial charge in [-0.1, -0.05) is 29.8 Å². The van der Waals surface area contributed by atoms with Crippen LogP contribution in [0, 0.1) is 0 Å². The van der Waals surface area contributed by atoms with Gasteiger partial charge in [-0.05, 0) is 30.3 Å². The second-order valence-electron chi connectivity index (χ2n) is 4.49.